The average Bonchev–Trinajstić information content (AvgIpc) is 2.54. The van der Waals surface area contributed by atoms with E-state index in [2.05, 4.69) is 12.1 Å². The number of methoxy groups -OCH3 is 2. The Bertz CT molecular complexity index is 449. The minimum Gasteiger partial charge on any atom is -0.349 e. The molecule has 0 spiro atoms. The first-order valence-electron chi connectivity index (χ1n) is 7.22. The van der Waals surface area contributed by atoms with Crippen molar-refractivity contribution in [1.29, 1.82) is 0 Å². The maximum atomic E-state index is 6.34. The zero-order chi connectivity index (χ0) is 14.1. The number of benzene rings is 1. The Balaban J connectivity index is 1.89. The average molecular weight is 278 g/mol. The zero-order valence-electron chi connectivity index (χ0n) is 12.1. The van der Waals surface area contributed by atoms with E-state index >= 15 is 0 Å². The first-order chi connectivity index (χ1) is 9.75. The predicted octanol–water partition coefficient (Wildman–Crippen LogP) is 3.03. The Morgan fingerprint density at radius 1 is 1.00 bits per heavy atom. The van der Waals surface area contributed by atoms with Crippen LogP contribution < -0.4 is 0 Å². The molecule has 4 nitrogen and oxygen atoms in total. The molecule has 0 unspecified atom stereocenters. The summed E-state index contributed by atoms with van der Waals surface area (Å²) in [5.41, 5.74) is 1.11. The molecular weight excluding hydrogens is 256 g/mol. The lowest BCUT2D eigenvalue weighted by atomic mass is 9.85. The van der Waals surface area contributed by atoms with Crippen LogP contribution in [0.4, 0.5) is 0 Å². The first-order valence-corrected chi connectivity index (χ1v) is 7.22. The van der Waals surface area contributed by atoms with Gasteiger partial charge in [0.05, 0.1) is 6.61 Å². The van der Waals surface area contributed by atoms with Crippen LogP contribution in [0.25, 0.3) is 0 Å². The predicted molar refractivity (Wildman–Crippen MR) is 74.2 cm³/mol. The summed E-state index contributed by atoms with van der Waals surface area (Å²) in [6, 6.07) is 10.1. The van der Waals surface area contributed by atoms with Crippen molar-refractivity contribution in [2.24, 2.45) is 0 Å². The van der Waals surface area contributed by atoms with Crippen LogP contribution in [0, 0.1) is 0 Å². The van der Waals surface area contributed by atoms with Crippen molar-refractivity contribution in [3.63, 3.8) is 0 Å². The third-order valence-electron chi connectivity index (χ3n) is 4.47. The molecule has 1 aliphatic carbocycles. The maximum Gasteiger partial charge on any atom is 0.224 e. The van der Waals surface area contributed by atoms with Crippen LogP contribution in [0.2, 0.25) is 0 Å². The van der Waals surface area contributed by atoms with Gasteiger partial charge in [0.15, 0.2) is 0 Å². The van der Waals surface area contributed by atoms with E-state index in [-0.39, 0.29) is 6.10 Å². The molecule has 0 bridgehead atoms. The highest BCUT2D eigenvalue weighted by Gasteiger charge is 2.60. The lowest BCUT2D eigenvalue weighted by Crippen LogP contribution is -2.65. The molecule has 3 atom stereocenters. The minimum absolute atomic E-state index is 0.113. The van der Waals surface area contributed by atoms with E-state index in [9.17, 15) is 0 Å². The normalized spacial score (nSPS) is 37.4. The van der Waals surface area contributed by atoms with Gasteiger partial charge < -0.3 is 18.9 Å². The molecule has 2 aliphatic rings. The molecule has 1 aromatic carbocycles. The maximum absolute atomic E-state index is 6.34. The van der Waals surface area contributed by atoms with Gasteiger partial charge in [0.1, 0.15) is 6.10 Å². The molecule has 1 aliphatic heterocycles. The van der Waals surface area contributed by atoms with Gasteiger partial charge in [0, 0.05) is 27.1 Å². The van der Waals surface area contributed by atoms with Gasteiger partial charge in [-0.3, -0.25) is 0 Å². The molecule has 3 rings (SSSR count). The van der Waals surface area contributed by atoms with Crippen molar-refractivity contribution in [2.45, 2.75) is 43.4 Å². The van der Waals surface area contributed by atoms with Crippen LogP contribution in [0.5, 0.6) is 0 Å². The monoisotopic (exact) mass is 278 g/mol. The number of hydrogen-bond acceptors (Lipinski definition) is 4. The van der Waals surface area contributed by atoms with Gasteiger partial charge in [0.2, 0.25) is 11.6 Å². The van der Waals surface area contributed by atoms with Crippen molar-refractivity contribution in [3.05, 3.63) is 35.9 Å². The second-order valence-electron chi connectivity index (χ2n) is 5.45. The molecule has 20 heavy (non-hydrogen) atoms. The lowest BCUT2D eigenvalue weighted by Gasteiger charge is -2.54. The third kappa shape index (κ3) is 2.07. The summed E-state index contributed by atoms with van der Waals surface area (Å²) in [6.07, 6.45) is 3.61. The molecule has 1 saturated heterocycles. The molecule has 0 radical (unpaired) electrons. The summed E-state index contributed by atoms with van der Waals surface area (Å²) in [7, 11) is 3.35. The quantitative estimate of drug-likeness (QED) is 0.851. The molecule has 1 heterocycles. The van der Waals surface area contributed by atoms with Crippen LogP contribution >= 0.6 is 0 Å². The second kappa shape index (κ2) is 5.45. The van der Waals surface area contributed by atoms with Crippen LogP contribution in [0.3, 0.4) is 0 Å². The second-order valence-corrected chi connectivity index (χ2v) is 5.45. The fourth-order valence-corrected chi connectivity index (χ4v) is 3.36. The molecule has 1 aromatic rings. The standard InChI is InChI=1S/C16H22O4/c1-17-15-10-6-7-11-16(15,18-2)20-14(12-19-15)13-8-4-3-5-9-13/h3-5,8-9,14H,6-7,10-12H2,1-2H3/t14-,15-,16-/m0/s1. The van der Waals surface area contributed by atoms with E-state index in [0.29, 0.717) is 6.61 Å². The van der Waals surface area contributed by atoms with Gasteiger partial charge in [-0.2, -0.15) is 0 Å². The van der Waals surface area contributed by atoms with Crippen molar-refractivity contribution in [2.75, 3.05) is 20.8 Å². The van der Waals surface area contributed by atoms with E-state index < -0.39 is 11.6 Å². The van der Waals surface area contributed by atoms with Gasteiger partial charge in [0.25, 0.3) is 0 Å². The summed E-state index contributed by atoms with van der Waals surface area (Å²) < 4.78 is 23.9. The van der Waals surface area contributed by atoms with Crippen LogP contribution in [-0.2, 0) is 18.9 Å². The van der Waals surface area contributed by atoms with Gasteiger partial charge >= 0.3 is 0 Å². The van der Waals surface area contributed by atoms with Crippen LogP contribution in [0.15, 0.2) is 30.3 Å². The summed E-state index contributed by atoms with van der Waals surface area (Å²) >= 11 is 0. The topological polar surface area (TPSA) is 36.9 Å². The van der Waals surface area contributed by atoms with Crippen LogP contribution in [-0.4, -0.2) is 32.4 Å². The third-order valence-corrected chi connectivity index (χ3v) is 4.47. The molecule has 0 aromatic heterocycles. The molecular formula is C16H22O4. The van der Waals surface area contributed by atoms with Crippen molar-refractivity contribution >= 4 is 0 Å². The highest BCUT2D eigenvalue weighted by atomic mass is 16.8. The summed E-state index contributed by atoms with van der Waals surface area (Å²) in [5, 5.41) is 0. The van der Waals surface area contributed by atoms with Gasteiger partial charge in [-0.1, -0.05) is 30.3 Å². The Morgan fingerprint density at radius 3 is 2.30 bits per heavy atom. The largest absolute Gasteiger partial charge is 0.349 e. The number of rotatable bonds is 3. The van der Waals surface area contributed by atoms with E-state index in [4.69, 9.17) is 18.9 Å². The van der Waals surface area contributed by atoms with E-state index in [1.807, 2.05) is 18.2 Å². The number of hydrogen-bond donors (Lipinski definition) is 0. The Kier molecular flexibility index (Phi) is 3.82. The molecule has 110 valence electrons. The zero-order valence-corrected chi connectivity index (χ0v) is 12.1. The molecule has 2 fully saturated rings. The molecule has 0 N–H and O–H groups in total. The first kappa shape index (κ1) is 14.0. The van der Waals surface area contributed by atoms with Gasteiger partial charge in [-0.15, -0.1) is 0 Å². The van der Waals surface area contributed by atoms with Gasteiger partial charge in [-0.05, 0) is 18.4 Å². The highest BCUT2D eigenvalue weighted by Crippen LogP contribution is 2.49. The van der Waals surface area contributed by atoms with Crippen LogP contribution in [0.1, 0.15) is 37.4 Å². The summed E-state index contributed by atoms with van der Waals surface area (Å²) in [6.45, 7) is 0.489. The SMILES string of the molecule is CO[C@]12CCCC[C@]1(OC)O[C@H](c1ccccc1)CO2. The number of ether oxygens (including phenoxy) is 4. The van der Waals surface area contributed by atoms with E-state index in [1.54, 1.807) is 14.2 Å². The number of fused-ring (bicyclic) bond motifs is 1. The Labute approximate surface area is 120 Å². The molecule has 0 amide bonds. The Morgan fingerprint density at radius 2 is 1.65 bits per heavy atom. The van der Waals surface area contributed by atoms with E-state index in [1.165, 1.54) is 0 Å². The molecule has 4 heteroatoms. The van der Waals surface area contributed by atoms with Crippen molar-refractivity contribution in [1.82, 2.24) is 0 Å². The smallest absolute Gasteiger partial charge is 0.224 e. The summed E-state index contributed by atoms with van der Waals surface area (Å²) in [5.74, 6) is -1.58. The summed E-state index contributed by atoms with van der Waals surface area (Å²) in [4.78, 5) is 0. The van der Waals surface area contributed by atoms with Gasteiger partial charge in [-0.25, -0.2) is 0 Å². The lowest BCUT2D eigenvalue weighted by molar-refractivity contribution is -0.456. The van der Waals surface area contributed by atoms with Crippen molar-refractivity contribution < 1.29 is 18.9 Å². The van der Waals surface area contributed by atoms with E-state index in [0.717, 1.165) is 31.2 Å². The minimum atomic E-state index is -0.807. The molecule has 1 saturated carbocycles. The highest BCUT2D eigenvalue weighted by molar-refractivity contribution is 5.18. The Hall–Kier alpha value is -0.940. The fraction of sp³-hybridized carbons (Fsp3) is 0.625. The fourth-order valence-electron chi connectivity index (χ4n) is 3.36. The van der Waals surface area contributed by atoms with Crippen molar-refractivity contribution in [3.8, 4) is 0 Å².